The summed E-state index contributed by atoms with van der Waals surface area (Å²) in [5.41, 5.74) is -0.660. The van der Waals surface area contributed by atoms with Crippen LogP contribution in [-0.4, -0.2) is 20.1 Å². The van der Waals surface area contributed by atoms with Crippen LogP contribution in [-0.2, 0) is 0 Å². The van der Waals surface area contributed by atoms with Crippen molar-refractivity contribution in [2.45, 2.75) is 0 Å². The van der Waals surface area contributed by atoms with E-state index in [1.54, 1.807) is 0 Å². The lowest BCUT2D eigenvalue weighted by Gasteiger charge is -1.90. The van der Waals surface area contributed by atoms with Crippen LogP contribution in [0.15, 0.2) is 17.1 Å². The van der Waals surface area contributed by atoms with Crippen molar-refractivity contribution in [1.82, 2.24) is 9.69 Å². The quantitative estimate of drug-likeness (QED) is 0.433. The summed E-state index contributed by atoms with van der Waals surface area (Å²) in [6.45, 7) is 0. The molecule has 0 saturated carbocycles. The predicted molar refractivity (Wildman–Crippen MR) is 23.1 cm³/mol. The van der Waals surface area contributed by atoms with Crippen molar-refractivity contribution >= 4 is 0 Å². The summed E-state index contributed by atoms with van der Waals surface area (Å²) in [5, 5.41) is 16.7. The molecule has 44 valence electrons. The van der Waals surface area contributed by atoms with Crippen molar-refractivity contribution in [3.8, 4) is 0 Å². The highest BCUT2D eigenvalue weighted by Crippen LogP contribution is 1.71. The van der Waals surface area contributed by atoms with Crippen LogP contribution in [0.5, 0.6) is 0 Å². The molecule has 0 fully saturated rings. The first-order valence-corrected chi connectivity index (χ1v) is 1.91. The second-order valence-corrected chi connectivity index (χ2v) is 1.26. The van der Waals surface area contributed by atoms with Crippen molar-refractivity contribution in [1.29, 1.82) is 0 Å². The Bertz CT molecular complexity index is 235. The van der Waals surface area contributed by atoms with E-state index in [-0.39, 0.29) is 9.69 Å². The minimum Gasteiger partial charge on any atom is -0.411 e. The number of nitrogens with zero attached hydrogens (tertiary/aromatic N) is 2. The Kier molecular flexibility index (Phi) is 0.768. The summed E-state index contributed by atoms with van der Waals surface area (Å²) in [4.78, 5) is 10.5. The molecule has 1 aromatic heterocycles. The topological polar surface area (TPSA) is 67.4 Å². The Morgan fingerprint density at radius 2 is 2.12 bits per heavy atom. The molecule has 1 aromatic rings. The molecule has 0 saturated heterocycles. The lowest BCUT2D eigenvalue weighted by atomic mass is 10.7. The molecule has 1 heterocycles. The van der Waals surface area contributed by atoms with Crippen LogP contribution >= 0.6 is 0 Å². The third-order valence-corrected chi connectivity index (χ3v) is 0.742. The molecule has 0 aromatic carbocycles. The van der Waals surface area contributed by atoms with Crippen LogP contribution in [0.3, 0.4) is 0 Å². The summed E-state index contributed by atoms with van der Waals surface area (Å²) >= 11 is 0. The van der Waals surface area contributed by atoms with E-state index in [0.717, 1.165) is 12.3 Å². The van der Waals surface area contributed by atoms with Crippen LogP contribution in [0.25, 0.3) is 0 Å². The van der Waals surface area contributed by atoms with Gasteiger partial charge in [-0.15, -0.1) is 0 Å². The van der Waals surface area contributed by atoms with E-state index in [1.807, 2.05) is 0 Å². The summed E-state index contributed by atoms with van der Waals surface area (Å²) in [7, 11) is 0. The number of hydrogen-bond donors (Lipinski definition) is 2. The maximum Gasteiger partial charge on any atom is 0.305 e. The summed E-state index contributed by atoms with van der Waals surface area (Å²) in [5.74, 6) is 0. The highest BCUT2D eigenvalue weighted by molar-refractivity contribution is 4.78. The van der Waals surface area contributed by atoms with Crippen molar-refractivity contribution in [3.05, 3.63) is 22.6 Å². The van der Waals surface area contributed by atoms with Gasteiger partial charge in [0.25, 0.3) is 0 Å². The Hall–Kier alpha value is -1.39. The van der Waals surface area contributed by atoms with Gasteiger partial charge in [0.2, 0.25) is 0 Å². The monoisotopic (exact) mass is 116 g/mol. The maximum atomic E-state index is 10.2. The zero-order valence-electron chi connectivity index (χ0n) is 3.85. The average Bonchev–Trinajstić information content (AvgIpc) is 1.98. The van der Waals surface area contributed by atoms with E-state index >= 15 is 0 Å². The lowest BCUT2D eigenvalue weighted by Crippen LogP contribution is -2.17. The minimum atomic E-state index is -0.660. The number of aromatic nitrogens is 2. The van der Waals surface area contributed by atoms with E-state index in [1.165, 1.54) is 0 Å². The predicted octanol–water partition coefficient (Wildman–Crippen LogP) is -0.876. The second-order valence-electron chi connectivity index (χ2n) is 1.26. The van der Waals surface area contributed by atoms with E-state index in [4.69, 9.17) is 10.4 Å². The van der Waals surface area contributed by atoms with Crippen molar-refractivity contribution in [2.75, 3.05) is 0 Å². The number of rotatable bonds is 0. The molecule has 0 aliphatic rings. The SMILES string of the molecule is O=c1ccn(O)n1O. The molecule has 5 heteroatoms. The third-order valence-electron chi connectivity index (χ3n) is 0.742. The van der Waals surface area contributed by atoms with Gasteiger partial charge < -0.3 is 10.4 Å². The molecular weight excluding hydrogens is 112 g/mol. The van der Waals surface area contributed by atoms with Crippen LogP contribution in [0.1, 0.15) is 0 Å². The molecule has 0 amide bonds. The Morgan fingerprint density at radius 1 is 1.50 bits per heavy atom. The van der Waals surface area contributed by atoms with Crippen molar-refractivity contribution < 1.29 is 10.4 Å². The molecule has 0 radical (unpaired) electrons. The normalized spacial score (nSPS) is 9.50. The highest BCUT2D eigenvalue weighted by atomic mass is 16.6. The van der Waals surface area contributed by atoms with E-state index in [9.17, 15) is 4.79 Å². The zero-order chi connectivity index (χ0) is 6.15. The van der Waals surface area contributed by atoms with Crippen LogP contribution < -0.4 is 5.56 Å². The molecule has 0 unspecified atom stereocenters. The summed E-state index contributed by atoms with van der Waals surface area (Å²) in [6.07, 6.45) is 1.03. The first-order valence-electron chi connectivity index (χ1n) is 1.91. The largest absolute Gasteiger partial charge is 0.411 e. The van der Waals surface area contributed by atoms with E-state index in [2.05, 4.69) is 0 Å². The molecule has 0 aliphatic carbocycles. The van der Waals surface area contributed by atoms with Crippen LogP contribution in [0.4, 0.5) is 0 Å². The fourth-order valence-electron chi connectivity index (χ4n) is 0.361. The van der Waals surface area contributed by atoms with Gasteiger partial charge in [0.05, 0.1) is 6.20 Å². The molecular formula is C3H4N2O3. The van der Waals surface area contributed by atoms with Gasteiger partial charge in [0.1, 0.15) is 0 Å². The van der Waals surface area contributed by atoms with Crippen molar-refractivity contribution in [2.24, 2.45) is 0 Å². The lowest BCUT2D eigenvalue weighted by molar-refractivity contribution is -0.0154. The molecule has 2 N–H and O–H groups in total. The molecule has 5 nitrogen and oxygen atoms in total. The fraction of sp³-hybridized carbons (Fsp3) is 0. The molecule has 1 rings (SSSR count). The molecule has 8 heavy (non-hydrogen) atoms. The molecule has 0 bridgehead atoms. The molecule has 0 atom stereocenters. The first kappa shape index (κ1) is 4.76. The smallest absolute Gasteiger partial charge is 0.305 e. The Labute approximate surface area is 43.9 Å². The van der Waals surface area contributed by atoms with Gasteiger partial charge in [-0.1, -0.05) is 4.85 Å². The van der Waals surface area contributed by atoms with Gasteiger partial charge in [-0.05, 0) is 4.85 Å². The van der Waals surface area contributed by atoms with Gasteiger partial charge in [-0.25, -0.2) is 0 Å². The summed E-state index contributed by atoms with van der Waals surface area (Å²) < 4.78 is 0. The Morgan fingerprint density at radius 3 is 2.25 bits per heavy atom. The maximum absolute atomic E-state index is 10.2. The minimum absolute atomic E-state index is 0.0833. The number of hydrogen-bond acceptors (Lipinski definition) is 3. The van der Waals surface area contributed by atoms with Gasteiger partial charge in [0.15, 0.2) is 0 Å². The van der Waals surface area contributed by atoms with Gasteiger partial charge in [0, 0.05) is 6.07 Å². The fourth-order valence-corrected chi connectivity index (χ4v) is 0.361. The van der Waals surface area contributed by atoms with Gasteiger partial charge >= 0.3 is 5.56 Å². The standard InChI is InChI=1S/C3H4N2O3/c6-3-1-2-4(7)5(3)8/h1-2,7-8H. The first-order chi connectivity index (χ1) is 3.72. The molecule has 0 spiro atoms. The Balaban J connectivity index is 3.41. The van der Waals surface area contributed by atoms with E-state index < -0.39 is 5.56 Å². The highest BCUT2D eigenvalue weighted by Gasteiger charge is 1.93. The van der Waals surface area contributed by atoms with Crippen LogP contribution in [0.2, 0.25) is 0 Å². The van der Waals surface area contributed by atoms with Gasteiger partial charge in [-0.2, -0.15) is 0 Å². The van der Waals surface area contributed by atoms with Crippen LogP contribution in [0, 0.1) is 0 Å². The van der Waals surface area contributed by atoms with Crippen molar-refractivity contribution in [3.63, 3.8) is 0 Å². The van der Waals surface area contributed by atoms with Gasteiger partial charge in [-0.3, -0.25) is 4.79 Å². The average molecular weight is 116 g/mol. The summed E-state index contributed by atoms with van der Waals surface area (Å²) in [6, 6.07) is 1.03. The molecule has 0 aliphatic heterocycles. The third kappa shape index (κ3) is 0.446. The van der Waals surface area contributed by atoms with E-state index in [0.29, 0.717) is 0 Å². The second kappa shape index (κ2) is 1.29. The zero-order valence-corrected chi connectivity index (χ0v) is 3.85.